The predicted octanol–water partition coefficient (Wildman–Crippen LogP) is 3.38. The molecule has 0 aliphatic heterocycles. The Labute approximate surface area is 116 Å². The Hall–Kier alpha value is -1.06. The maximum absolute atomic E-state index is 12.4. The van der Waals surface area contributed by atoms with Gasteiger partial charge in [-0.05, 0) is 19.3 Å². The van der Waals surface area contributed by atoms with Gasteiger partial charge in [0.25, 0.3) is 5.78 Å². The molecule has 1 saturated carbocycles. The Balaban J connectivity index is 3.29. The molecule has 0 bridgehead atoms. The van der Waals surface area contributed by atoms with E-state index in [9.17, 15) is 35.9 Å². The normalized spacial score (nSPS) is 27.4. The molecule has 1 aliphatic carbocycles. The number of carbonyl (C=O) groups excluding carboxylic acids is 2. The topological polar surface area (TPSA) is 54.4 Å². The summed E-state index contributed by atoms with van der Waals surface area (Å²) < 4.78 is 71.3. The second-order valence-electron chi connectivity index (χ2n) is 4.14. The lowest BCUT2D eigenvalue weighted by Crippen LogP contribution is -2.50. The van der Waals surface area contributed by atoms with Gasteiger partial charge in [-0.3, -0.25) is 9.59 Å². The number of allylic oxidation sites excluding steroid dienone is 2. The third kappa shape index (κ3) is 2.99. The molecule has 1 fully saturated rings. The minimum absolute atomic E-state index is 0.283. The van der Waals surface area contributed by atoms with Gasteiger partial charge in [0.05, 0.1) is 0 Å². The molecule has 1 aliphatic rings. The van der Waals surface area contributed by atoms with Crippen molar-refractivity contribution in [1.29, 1.82) is 0 Å². The molecular formula is C10H7BrF6O3. The van der Waals surface area contributed by atoms with E-state index < -0.39 is 52.4 Å². The number of hydrogen-bond acceptors (Lipinski definition) is 3. The number of alkyl halides is 7. The van der Waals surface area contributed by atoms with Gasteiger partial charge in [0.1, 0.15) is 0 Å². The second-order valence-corrected chi connectivity index (χ2v) is 5.49. The summed E-state index contributed by atoms with van der Waals surface area (Å²) in [6.45, 7) is 0. The number of aliphatic hydroxyl groups excluding tert-OH is 1. The number of rotatable bonds is 1. The molecule has 0 radical (unpaired) electrons. The van der Waals surface area contributed by atoms with Crippen LogP contribution >= 0.6 is 15.9 Å². The molecule has 114 valence electrons. The second kappa shape index (κ2) is 5.05. The van der Waals surface area contributed by atoms with Crippen molar-refractivity contribution < 1.29 is 41.0 Å². The van der Waals surface area contributed by atoms with Crippen molar-refractivity contribution in [3.63, 3.8) is 0 Å². The minimum atomic E-state index is -5.38. The lowest BCUT2D eigenvalue weighted by atomic mass is 9.80. The molecule has 0 aromatic rings. The first-order valence-corrected chi connectivity index (χ1v) is 5.95. The van der Waals surface area contributed by atoms with E-state index in [0.29, 0.717) is 0 Å². The van der Waals surface area contributed by atoms with Gasteiger partial charge in [0.15, 0.2) is 10.1 Å². The van der Waals surface area contributed by atoms with Crippen molar-refractivity contribution in [2.45, 2.75) is 35.9 Å². The van der Waals surface area contributed by atoms with Crippen LogP contribution in [0, 0.1) is 0 Å². The fourth-order valence-electron chi connectivity index (χ4n) is 1.81. The maximum Gasteiger partial charge on any atom is 0.451 e. The van der Waals surface area contributed by atoms with Crippen LogP contribution in [0.15, 0.2) is 11.3 Å². The minimum Gasteiger partial charge on any atom is -0.504 e. The van der Waals surface area contributed by atoms with Gasteiger partial charge in [-0.15, -0.1) is 0 Å². The largest absolute Gasteiger partial charge is 0.504 e. The van der Waals surface area contributed by atoms with Gasteiger partial charge in [0, 0.05) is 5.57 Å². The molecule has 0 amide bonds. The lowest BCUT2D eigenvalue weighted by Gasteiger charge is -2.31. The smallest absolute Gasteiger partial charge is 0.451 e. The van der Waals surface area contributed by atoms with Crippen molar-refractivity contribution in [1.82, 2.24) is 0 Å². The molecule has 0 heterocycles. The summed E-state index contributed by atoms with van der Waals surface area (Å²) in [7, 11) is 0. The van der Waals surface area contributed by atoms with Gasteiger partial charge in [0.2, 0.25) is 5.76 Å². The molecule has 10 heteroatoms. The van der Waals surface area contributed by atoms with E-state index in [1.807, 2.05) is 0 Å². The number of Topliss-reactive ketones (excluding diaryl/α,β-unsaturated/α-hetero) is 2. The third-order valence-electron chi connectivity index (χ3n) is 2.75. The first-order valence-electron chi connectivity index (χ1n) is 5.16. The van der Waals surface area contributed by atoms with Crippen LogP contribution in [0.25, 0.3) is 0 Å². The van der Waals surface area contributed by atoms with Crippen LogP contribution in [-0.4, -0.2) is 33.3 Å². The van der Waals surface area contributed by atoms with Crippen LogP contribution in [0.5, 0.6) is 0 Å². The van der Waals surface area contributed by atoms with E-state index in [1.165, 1.54) is 0 Å². The van der Waals surface area contributed by atoms with Gasteiger partial charge < -0.3 is 5.11 Å². The Morgan fingerprint density at radius 2 is 1.65 bits per heavy atom. The van der Waals surface area contributed by atoms with Crippen LogP contribution < -0.4 is 0 Å². The zero-order valence-electron chi connectivity index (χ0n) is 9.53. The van der Waals surface area contributed by atoms with Gasteiger partial charge in [-0.25, -0.2) is 0 Å². The third-order valence-corrected chi connectivity index (χ3v) is 3.87. The Morgan fingerprint density at radius 3 is 2.05 bits per heavy atom. The summed E-state index contributed by atoms with van der Waals surface area (Å²) in [6.07, 6.45) is -12.1. The predicted molar refractivity (Wildman–Crippen MR) is 57.3 cm³/mol. The fourth-order valence-corrected chi connectivity index (χ4v) is 2.56. The van der Waals surface area contributed by atoms with E-state index in [0.717, 1.165) is 0 Å². The quantitative estimate of drug-likeness (QED) is 0.254. The van der Waals surface area contributed by atoms with E-state index in [1.54, 1.807) is 0 Å². The first-order chi connectivity index (χ1) is 8.82. The summed E-state index contributed by atoms with van der Waals surface area (Å²) in [6, 6.07) is 0. The summed E-state index contributed by atoms with van der Waals surface area (Å²) in [5, 5.41) is 8.92. The van der Waals surface area contributed by atoms with Crippen molar-refractivity contribution in [3.05, 3.63) is 11.3 Å². The van der Waals surface area contributed by atoms with Crippen LogP contribution in [0.3, 0.4) is 0 Å². The number of halogens is 7. The molecule has 1 rings (SSSR count). The molecule has 0 spiro atoms. The van der Waals surface area contributed by atoms with Crippen LogP contribution in [0.4, 0.5) is 26.3 Å². The van der Waals surface area contributed by atoms with Crippen molar-refractivity contribution in [2.75, 3.05) is 0 Å². The highest BCUT2D eigenvalue weighted by molar-refractivity contribution is 9.10. The summed E-state index contributed by atoms with van der Waals surface area (Å²) in [4.78, 5) is 22.9. The van der Waals surface area contributed by atoms with Gasteiger partial charge in [-0.1, -0.05) is 15.9 Å². The summed E-state index contributed by atoms with van der Waals surface area (Å²) >= 11 is 2.31. The molecule has 3 nitrogen and oxygen atoms in total. The van der Waals surface area contributed by atoms with Crippen LogP contribution in [0.1, 0.15) is 19.3 Å². The highest BCUT2D eigenvalue weighted by Gasteiger charge is 2.58. The van der Waals surface area contributed by atoms with Crippen molar-refractivity contribution in [3.8, 4) is 0 Å². The van der Waals surface area contributed by atoms with E-state index >= 15 is 0 Å². The number of carbonyl (C=O) groups is 2. The zero-order chi connectivity index (χ0) is 15.9. The summed E-state index contributed by atoms with van der Waals surface area (Å²) in [5.41, 5.74) is -1.22. The Bertz CT molecular complexity index is 478. The molecule has 1 unspecified atom stereocenters. The monoisotopic (exact) mass is 368 g/mol. The number of hydrogen-bond donors (Lipinski definition) is 1. The van der Waals surface area contributed by atoms with Gasteiger partial charge >= 0.3 is 12.4 Å². The molecule has 0 aromatic heterocycles. The average molecular weight is 369 g/mol. The highest BCUT2D eigenvalue weighted by Crippen LogP contribution is 2.43. The highest BCUT2D eigenvalue weighted by atomic mass is 79.9. The molecular weight excluding hydrogens is 362 g/mol. The van der Waals surface area contributed by atoms with Crippen molar-refractivity contribution in [2.24, 2.45) is 0 Å². The number of aliphatic hydroxyl groups is 1. The molecule has 1 atom stereocenters. The molecule has 0 aromatic carbocycles. The van der Waals surface area contributed by atoms with Crippen molar-refractivity contribution >= 4 is 27.5 Å². The molecule has 20 heavy (non-hydrogen) atoms. The lowest BCUT2D eigenvalue weighted by molar-refractivity contribution is -0.174. The zero-order valence-corrected chi connectivity index (χ0v) is 11.1. The fraction of sp³-hybridized carbons (Fsp3) is 0.600. The molecule has 0 saturated heterocycles. The van der Waals surface area contributed by atoms with Crippen LogP contribution in [0.2, 0.25) is 0 Å². The van der Waals surface area contributed by atoms with E-state index in [-0.39, 0.29) is 6.42 Å². The van der Waals surface area contributed by atoms with Crippen LogP contribution in [-0.2, 0) is 9.59 Å². The summed E-state index contributed by atoms with van der Waals surface area (Å²) in [5.74, 6) is -6.45. The Kier molecular flexibility index (Phi) is 4.29. The Morgan fingerprint density at radius 1 is 1.15 bits per heavy atom. The van der Waals surface area contributed by atoms with E-state index in [4.69, 9.17) is 5.11 Å². The van der Waals surface area contributed by atoms with E-state index in [2.05, 4.69) is 15.9 Å². The first kappa shape index (κ1) is 17.0. The SMILES string of the molecule is O=C1/C(=C(\O)C(F)(F)F)CCCC1(Br)C(=O)C(F)(F)F. The molecule has 1 N–H and O–H groups in total. The maximum atomic E-state index is 12.4. The standard InChI is InChI=1S/C10H7BrF6O3/c11-8(7(20)10(15,16)17)3-1-2-4(5(8)18)6(19)9(12,13)14/h19H,1-3H2/b6-4-. The number of ketones is 2. The van der Waals surface area contributed by atoms with Gasteiger partial charge in [-0.2, -0.15) is 26.3 Å². The average Bonchev–Trinajstić information content (AvgIpc) is 2.28.